The van der Waals surface area contributed by atoms with Gasteiger partial charge >= 0.3 is 0 Å². The molecule has 4 aliphatic carbocycles. The molecule has 1 aromatic heterocycles. The lowest BCUT2D eigenvalue weighted by Crippen LogP contribution is -2.39. The number of benzene rings is 1. The van der Waals surface area contributed by atoms with Crippen LogP contribution in [0.2, 0.25) is 0 Å². The van der Waals surface area contributed by atoms with Crippen molar-refractivity contribution in [2.45, 2.75) is 25.7 Å². The molecule has 3 saturated carbocycles. The molecule has 0 amide bonds. The number of hydrogen-bond acceptors (Lipinski definition) is 1. The van der Waals surface area contributed by atoms with E-state index in [-0.39, 0.29) is 0 Å². The summed E-state index contributed by atoms with van der Waals surface area (Å²) >= 11 is 0. The number of pyridine rings is 1. The normalized spacial score (nSPS) is 30.8. The molecule has 0 spiro atoms. The van der Waals surface area contributed by atoms with Crippen molar-refractivity contribution in [3.05, 3.63) is 72.6 Å². The molecule has 24 heavy (non-hydrogen) atoms. The molecule has 1 aromatic carbocycles. The third kappa shape index (κ3) is 2.34. The lowest BCUT2D eigenvalue weighted by molar-refractivity contribution is 0.0782. The first kappa shape index (κ1) is 14.2. The summed E-state index contributed by atoms with van der Waals surface area (Å²) in [7, 11) is 0. The third-order valence-electron chi connectivity index (χ3n) is 6.38. The van der Waals surface area contributed by atoms with Gasteiger partial charge in [-0.1, -0.05) is 48.6 Å². The Labute approximate surface area is 144 Å². The predicted octanol–water partition coefficient (Wildman–Crippen LogP) is 5.75. The van der Waals surface area contributed by atoms with Crippen molar-refractivity contribution >= 4 is 5.57 Å². The monoisotopic (exact) mass is 313 g/mol. The number of hydrogen-bond donors (Lipinski definition) is 0. The minimum atomic E-state index is 0.750. The zero-order valence-electron chi connectivity index (χ0n) is 13.9. The van der Waals surface area contributed by atoms with Crippen LogP contribution in [0.1, 0.15) is 31.4 Å². The van der Waals surface area contributed by atoms with Gasteiger partial charge in [0.25, 0.3) is 0 Å². The first-order valence-electron chi connectivity index (χ1n) is 9.30. The minimum absolute atomic E-state index is 0.750. The maximum atomic E-state index is 4.67. The van der Waals surface area contributed by atoms with Crippen molar-refractivity contribution in [1.29, 1.82) is 0 Å². The highest BCUT2D eigenvalue weighted by molar-refractivity contribution is 5.76. The van der Waals surface area contributed by atoms with Gasteiger partial charge in [0.05, 0.1) is 5.69 Å². The summed E-state index contributed by atoms with van der Waals surface area (Å²) < 4.78 is 0. The van der Waals surface area contributed by atoms with E-state index in [1.54, 1.807) is 0 Å². The van der Waals surface area contributed by atoms with Crippen LogP contribution >= 0.6 is 0 Å². The van der Waals surface area contributed by atoms with Gasteiger partial charge in [0.1, 0.15) is 0 Å². The molecule has 0 saturated heterocycles. The number of nitrogens with zero attached hydrogens (tertiary/aromatic N) is 1. The highest BCUT2D eigenvalue weighted by atomic mass is 14.7. The van der Waals surface area contributed by atoms with Gasteiger partial charge < -0.3 is 0 Å². The zero-order valence-corrected chi connectivity index (χ0v) is 13.9. The molecule has 2 bridgehead atoms. The fourth-order valence-corrected chi connectivity index (χ4v) is 5.12. The number of aromatic nitrogens is 1. The van der Waals surface area contributed by atoms with E-state index >= 15 is 0 Å². The van der Waals surface area contributed by atoms with E-state index in [0.29, 0.717) is 0 Å². The van der Waals surface area contributed by atoms with Crippen molar-refractivity contribution in [3.63, 3.8) is 0 Å². The smallest absolute Gasteiger partial charge is 0.0704 e. The molecule has 1 heteroatoms. The second-order valence-corrected chi connectivity index (χ2v) is 7.61. The molecule has 1 heterocycles. The fourth-order valence-electron chi connectivity index (χ4n) is 5.12. The molecule has 2 aromatic rings. The van der Waals surface area contributed by atoms with E-state index in [1.807, 2.05) is 6.20 Å². The SMILES string of the molecule is C1=CC2C3CCC(CC3)C2C=C1c1cc(-c2ccccc2)ccn1. The second-order valence-electron chi connectivity index (χ2n) is 7.61. The largest absolute Gasteiger partial charge is 0.256 e. The standard InChI is InChI=1S/C23H23N/c1-2-4-16(5-3-1)19-12-13-24-23(15-19)20-10-11-21-17-6-8-18(9-7-17)22(21)14-20/h1-5,10-15,17-18,21-22H,6-9H2. The maximum absolute atomic E-state index is 4.67. The third-order valence-corrected chi connectivity index (χ3v) is 6.38. The minimum Gasteiger partial charge on any atom is -0.256 e. The second kappa shape index (κ2) is 5.73. The molecule has 6 rings (SSSR count). The molecule has 120 valence electrons. The molecule has 0 aliphatic heterocycles. The first-order valence-corrected chi connectivity index (χ1v) is 9.30. The van der Waals surface area contributed by atoms with E-state index in [1.165, 1.54) is 42.4 Å². The summed E-state index contributed by atoms with van der Waals surface area (Å²) in [6.45, 7) is 0. The summed E-state index contributed by atoms with van der Waals surface area (Å²) in [6.07, 6.45) is 15.1. The van der Waals surface area contributed by atoms with Gasteiger partial charge in [-0.3, -0.25) is 4.98 Å². The molecule has 1 nitrogen and oxygen atoms in total. The van der Waals surface area contributed by atoms with Crippen molar-refractivity contribution in [1.82, 2.24) is 4.98 Å². The van der Waals surface area contributed by atoms with Crippen LogP contribution in [0.15, 0.2) is 66.9 Å². The van der Waals surface area contributed by atoms with E-state index in [2.05, 4.69) is 65.7 Å². The summed E-state index contributed by atoms with van der Waals surface area (Å²) in [5, 5.41) is 0. The Bertz CT molecular complexity index is 794. The van der Waals surface area contributed by atoms with Crippen LogP contribution in [0, 0.1) is 23.7 Å². The summed E-state index contributed by atoms with van der Waals surface area (Å²) in [5.74, 6) is 3.37. The van der Waals surface area contributed by atoms with Gasteiger partial charge in [0, 0.05) is 6.20 Å². The summed E-state index contributed by atoms with van der Waals surface area (Å²) in [4.78, 5) is 4.67. The van der Waals surface area contributed by atoms with Gasteiger partial charge in [-0.25, -0.2) is 0 Å². The quantitative estimate of drug-likeness (QED) is 0.687. The Morgan fingerprint density at radius 1 is 0.792 bits per heavy atom. The van der Waals surface area contributed by atoms with E-state index in [4.69, 9.17) is 0 Å². The first-order chi connectivity index (χ1) is 11.9. The van der Waals surface area contributed by atoms with Crippen molar-refractivity contribution in [2.75, 3.05) is 0 Å². The molecular weight excluding hydrogens is 290 g/mol. The molecule has 3 fully saturated rings. The van der Waals surface area contributed by atoms with Crippen molar-refractivity contribution in [2.24, 2.45) is 23.7 Å². The van der Waals surface area contributed by atoms with E-state index < -0.39 is 0 Å². The highest BCUT2D eigenvalue weighted by Gasteiger charge is 2.42. The topological polar surface area (TPSA) is 12.9 Å². The van der Waals surface area contributed by atoms with Crippen LogP contribution in [-0.4, -0.2) is 4.98 Å². The lowest BCUT2D eigenvalue weighted by atomic mass is 9.57. The molecule has 4 aliphatic rings. The van der Waals surface area contributed by atoms with Gasteiger partial charge in [0.2, 0.25) is 0 Å². The van der Waals surface area contributed by atoms with Crippen LogP contribution in [-0.2, 0) is 0 Å². The average Bonchev–Trinajstić information content (AvgIpc) is 2.69. The Morgan fingerprint density at radius 3 is 2.33 bits per heavy atom. The van der Waals surface area contributed by atoms with Crippen LogP contribution in [0.4, 0.5) is 0 Å². The number of rotatable bonds is 2. The zero-order chi connectivity index (χ0) is 15.9. The average molecular weight is 313 g/mol. The Kier molecular flexibility index (Phi) is 3.40. The van der Waals surface area contributed by atoms with E-state index in [9.17, 15) is 0 Å². The highest BCUT2D eigenvalue weighted by Crippen LogP contribution is 2.52. The van der Waals surface area contributed by atoms with Gasteiger partial charge in [-0.15, -0.1) is 0 Å². The Balaban J connectivity index is 1.49. The predicted molar refractivity (Wildman–Crippen MR) is 99.2 cm³/mol. The summed E-state index contributed by atoms with van der Waals surface area (Å²) in [5.41, 5.74) is 4.95. The lowest BCUT2D eigenvalue weighted by Gasteiger charge is -2.48. The van der Waals surface area contributed by atoms with Crippen LogP contribution in [0.3, 0.4) is 0 Å². The van der Waals surface area contributed by atoms with Gasteiger partial charge in [-0.2, -0.15) is 0 Å². The van der Waals surface area contributed by atoms with Crippen LogP contribution in [0.25, 0.3) is 16.7 Å². The number of fused-ring (bicyclic) bond motifs is 2. The molecule has 2 unspecified atom stereocenters. The fraction of sp³-hybridized carbons (Fsp3) is 0.348. The molecule has 0 radical (unpaired) electrons. The van der Waals surface area contributed by atoms with Crippen LogP contribution in [0.5, 0.6) is 0 Å². The van der Waals surface area contributed by atoms with Crippen LogP contribution < -0.4 is 0 Å². The molecular formula is C23H23N. The maximum Gasteiger partial charge on any atom is 0.0704 e. The van der Waals surface area contributed by atoms with E-state index in [0.717, 1.165) is 29.4 Å². The number of allylic oxidation sites excluding steroid dienone is 4. The van der Waals surface area contributed by atoms with Gasteiger partial charge in [-0.05, 0) is 78.2 Å². The van der Waals surface area contributed by atoms with Crippen molar-refractivity contribution in [3.8, 4) is 11.1 Å². The Hall–Kier alpha value is -2.15. The summed E-state index contributed by atoms with van der Waals surface area (Å²) in [6, 6.07) is 14.9. The molecule has 2 atom stereocenters. The molecule has 0 N–H and O–H groups in total. The Morgan fingerprint density at radius 2 is 1.54 bits per heavy atom. The van der Waals surface area contributed by atoms with Crippen molar-refractivity contribution < 1.29 is 0 Å². The van der Waals surface area contributed by atoms with Gasteiger partial charge in [0.15, 0.2) is 0 Å².